The van der Waals surface area contributed by atoms with Crippen LogP contribution in [-0.2, 0) is 28.6 Å². The van der Waals surface area contributed by atoms with Gasteiger partial charge in [-0.05, 0) is 96.3 Å². The standard InChI is InChI=1S/C60H104O6/c1-4-7-10-13-16-18-20-22-24-26-28-29-30-31-33-34-36-38-40-42-44-47-50-53-59(62)65-56-57(55-64-58(61)52-49-46-15-12-9-6-3)66-60(63)54-51-48-45-43-41-39-37-35-32-27-25-23-21-19-17-14-11-8-5-2/h17,19-20,22-23,25-26,28,30-32,35,57H,4-16,18,21,24,27,29,33-34,36-56H2,1-3H3/b19-17-,22-20-,25-23-,28-26-,31-30-,35-32-. The van der Waals surface area contributed by atoms with Gasteiger partial charge in [0, 0.05) is 19.3 Å². The first-order valence-corrected chi connectivity index (χ1v) is 27.9. The van der Waals surface area contributed by atoms with E-state index < -0.39 is 6.10 Å². The SMILES string of the molecule is CCCCC/C=C\C/C=C\C/C=C\CCCCCCCCC(=O)OC(COC(=O)CCCCCCCC)COC(=O)CCCCCCCCCC/C=C\C/C=C\C/C=C\CCCCCCC. The van der Waals surface area contributed by atoms with E-state index in [9.17, 15) is 14.4 Å². The van der Waals surface area contributed by atoms with Crippen LogP contribution in [0.4, 0.5) is 0 Å². The van der Waals surface area contributed by atoms with E-state index >= 15 is 0 Å². The maximum absolute atomic E-state index is 12.8. The first kappa shape index (κ1) is 62.8. The van der Waals surface area contributed by atoms with Crippen LogP contribution in [0, 0.1) is 0 Å². The molecule has 0 bridgehead atoms. The monoisotopic (exact) mass is 921 g/mol. The van der Waals surface area contributed by atoms with Gasteiger partial charge in [-0.15, -0.1) is 0 Å². The molecular formula is C60H104O6. The molecule has 0 aromatic carbocycles. The minimum absolute atomic E-state index is 0.0833. The summed E-state index contributed by atoms with van der Waals surface area (Å²) in [5, 5.41) is 0. The number of ether oxygens (including phenoxy) is 3. The first-order chi connectivity index (χ1) is 32.5. The van der Waals surface area contributed by atoms with Crippen LogP contribution in [0.15, 0.2) is 72.9 Å². The van der Waals surface area contributed by atoms with Gasteiger partial charge in [-0.2, -0.15) is 0 Å². The number of rotatable bonds is 50. The van der Waals surface area contributed by atoms with E-state index in [1.54, 1.807) is 0 Å². The topological polar surface area (TPSA) is 78.9 Å². The summed E-state index contributed by atoms with van der Waals surface area (Å²) >= 11 is 0. The lowest BCUT2D eigenvalue weighted by Crippen LogP contribution is -2.30. The fourth-order valence-corrected chi connectivity index (χ4v) is 7.69. The van der Waals surface area contributed by atoms with Crippen molar-refractivity contribution >= 4 is 17.9 Å². The third-order valence-corrected chi connectivity index (χ3v) is 11.9. The summed E-state index contributed by atoms with van der Waals surface area (Å²) in [7, 11) is 0. The Bertz CT molecular complexity index is 1240. The summed E-state index contributed by atoms with van der Waals surface area (Å²) in [4.78, 5) is 37.8. The Morgan fingerprint density at radius 1 is 0.303 bits per heavy atom. The molecule has 0 N–H and O–H groups in total. The second kappa shape index (κ2) is 54.5. The quantitative estimate of drug-likeness (QED) is 0.0262. The maximum Gasteiger partial charge on any atom is 0.306 e. The van der Waals surface area contributed by atoms with E-state index in [-0.39, 0.29) is 31.1 Å². The Hall–Kier alpha value is -3.15. The van der Waals surface area contributed by atoms with E-state index in [4.69, 9.17) is 14.2 Å². The fraction of sp³-hybridized carbons (Fsp3) is 0.750. The van der Waals surface area contributed by atoms with Crippen LogP contribution >= 0.6 is 0 Å². The van der Waals surface area contributed by atoms with Gasteiger partial charge in [0.2, 0.25) is 0 Å². The van der Waals surface area contributed by atoms with Gasteiger partial charge in [0.25, 0.3) is 0 Å². The maximum atomic E-state index is 12.8. The molecule has 0 aliphatic rings. The molecule has 0 amide bonds. The van der Waals surface area contributed by atoms with Crippen molar-refractivity contribution in [3.8, 4) is 0 Å². The number of allylic oxidation sites excluding steroid dienone is 12. The predicted molar refractivity (Wildman–Crippen MR) is 284 cm³/mol. The minimum Gasteiger partial charge on any atom is -0.462 e. The van der Waals surface area contributed by atoms with Gasteiger partial charge in [-0.1, -0.05) is 229 Å². The summed E-state index contributed by atoms with van der Waals surface area (Å²) in [6.07, 6.45) is 69.1. The van der Waals surface area contributed by atoms with Gasteiger partial charge in [0.05, 0.1) is 0 Å². The van der Waals surface area contributed by atoms with Gasteiger partial charge in [-0.25, -0.2) is 0 Å². The number of carbonyl (C=O) groups is 3. The van der Waals surface area contributed by atoms with Crippen LogP contribution in [0.25, 0.3) is 0 Å². The van der Waals surface area contributed by atoms with Crippen LogP contribution < -0.4 is 0 Å². The highest BCUT2D eigenvalue weighted by Gasteiger charge is 2.19. The van der Waals surface area contributed by atoms with Crippen molar-refractivity contribution in [3.05, 3.63) is 72.9 Å². The summed E-state index contributed by atoms with van der Waals surface area (Å²) < 4.78 is 16.7. The van der Waals surface area contributed by atoms with E-state index in [1.165, 1.54) is 128 Å². The summed E-state index contributed by atoms with van der Waals surface area (Å²) in [5.74, 6) is -0.909. The second-order valence-electron chi connectivity index (χ2n) is 18.5. The average Bonchev–Trinajstić information content (AvgIpc) is 3.31. The molecule has 0 aliphatic heterocycles. The molecule has 66 heavy (non-hydrogen) atoms. The smallest absolute Gasteiger partial charge is 0.306 e. The van der Waals surface area contributed by atoms with Crippen molar-refractivity contribution in [2.24, 2.45) is 0 Å². The summed E-state index contributed by atoms with van der Waals surface area (Å²) in [6.45, 7) is 6.53. The van der Waals surface area contributed by atoms with E-state index in [1.807, 2.05) is 0 Å². The Kier molecular flexibility index (Phi) is 51.9. The Balaban J connectivity index is 4.21. The van der Waals surface area contributed by atoms with E-state index in [2.05, 4.69) is 93.7 Å². The van der Waals surface area contributed by atoms with Crippen LogP contribution in [-0.4, -0.2) is 37.2 Å². The molecule has 6 heteroatoms. The van der Waals surface area contributed by atoms with Gasteiger partial charge >= 0.3 is 17.9 Å². The molecule has 0 aliphatic carbocycles. The fourth-order valence-electron chi connectivity index (χ4n) is 7.69. The van der Waals surface area contributed by atoms with E-state index in [0.29, 0.717) is 19.3 Å². The zero-order valence-electron chi connectivity index (χ0n) is 43.4. The largest absolute Gasteiger partial charge is 0.462 e. The molecule has 0 radical (unpaired) electrons. The second-order valence-corrected chi connectivity index (χ2v) is 18.5. The van der Waals surface area contributed by atoms with Crippen molar-refractivity contribution < 1.29 is 28.6 Å². The van der Waals surface area contributed by atoms with Crippen molar-refractivity contribution in [3.63, 3.8) is 0 Å². The Morgan fingerprint density at radius 3 is 0.879 bits per heavy atom. The number of hydrogen-bond acceptors (Lipinski definition) is 6. The molecule has 0 saturated carbocycles. The molecular weight excluding hydrogens is 817 g/mol. The zero-order chi connectivity index (χ0) is 47.9. The zero-order valence-corrected chi connectivity index (χ0v) is 43.4. The highest BCUT2D eigenvalue weighted by atomic mass is 16.6. The van der Waals surface area contributed by atoms with Crippen LogP contribution in [0.3, 0.4) is 0 Å². The molecule has 380 valence electrons. The highest BCUT2D eigenvalue weighted by Crippen LogP contribution is 2.14. The minimum atomic E-state index is -0.782. The Labute approximate surface area is 408 Å². The summed E-state index contributed by atoms with van der Waals surface area (Å²) in [5.41, 5.74) is 0. The molecule has 0 saturated heterocycles. The van der Waals surface area contributed by atoms with Crippen LogP contribution in [0.5, 0.6) is 0 Å². The normalized spacial score (nSPS) is 12.6. The van der Waals surface area contributed by atoms with Crippen LogP contribution in [0.2, 0.25) is 0 Å². The highest BCUT2D eigenvalue weighted by molar-refractivity contribution is 5.71. The third kappa shape index (κ3) is 51.8. The van der Waals surface area contributed by atoms with Crippen molar-refractivity contribution in [2.75, 3.05) is 13.2 Å². The number of esters is 3. The van der Waals surface area contributed by atoms with Crippen LogP contribution in [0.1, 0.15) is 271 Å². The number of carbonyl (C=O) groups excluding carboxylic acids is 3. The predicted octanol–water partition coefficient (Wildman–Crippen LogP) is 18.6. The lowest BCUT2D eigenvalue weighted by molar-refractivity contribution is -0.167. The molecule has 1 unspecified atom stereocenters. The van der Waals surface area contributed by atoms with Crippen molar-refractivity contribution in [1.29, 1.82) is 0 Å². The number of hydrogen-bond donors (Lipinski definition) is 0. The van der Waals surface area contributed by atoms with Crippen molar-refractivity contribution in [1.82, 2.24) is 0 Å². The van der Waals surface area contributed by atoms with E-state index in [0.717, 1.165) is 103 Å². The molecule has 0 rings (SSSR count). The molecule has 0 heterocycles. The van der Waals surface area contributed by atoms with Gasteiger partial charge in [-0.3, -0.25) is 14.4 Å². The molecule has 0 fully saturated rings. The third-order valence-electron chi connectivity index (χ3n) is 11.9. The van der Waals surface area contributed by atoms with Gasteiger partial charge in [0.15, 0.2) is 6.10 Å². The van der Waals surface area contributed by atoms with Gasteiger partial charge < -0.3 is 14.2 Å². The molecule has 0 aromatic rings. The molecule has 1 atom stereocenters. The summed E-state index contributed by atoms with van der Waals surface area (Å²) in [6, 6.07) is 0. The number of unbranched alkanes of at least 4 members (excludes halogenated alkanes) is 27. The Morgan fingerprint density at radius 2 is 0.545 bits per heavy atom. The molecule has 0 aromatic heterocycles. The lowest BCUT2D eigenvalue weighted by atomic mass is 10.1. The van der Waals surface area contributed by atoms with Gasteiger partial charge in [0.1, 0.15) is 13.2 Å². The average molecular weight is 921 g/mol. The lowest BCUT2D eigenvalue weighted by Gasteiger charge is -2.18. The molecule has 6 nitrogen and oxygen atoms in total. The molecule has 0 spiro atoms. The first-order valence-electron chi connectivity index (χ1n) is 27.9. The van der Waals surface area contributed by atoms with Crippen molar-refractivity contribution in [2.45, 2.75) is 277 Å².